The Hall–Kier alpha value is -0.590. The molecule has 0 heterocycles. The Morgan fingerprint density at radius 2 is 1.90 bits per heavy atom. The molecule has 0 fully saturated rings. The Bertz CT molecular complexity index is 139. The van der Waals surface area contributed by atoms with Crippen LogP contribution in [0.15, 0.2) is 11.6 Å². The van der Waals surface area contributed by atoms with Crippen LogP contribution < -0.4 is 0 Å². The van der Waals surface area contributed by atoms with Crippen molar-refractivity contribution in [1.29, 1.82) is 0 Å². The van der Waals surface area contributed by atoms with Crippen molar-refractivity contribution in [3.8, 4) is 0 Å². The van der Waals surface area contributed by atoms with Gasteiger partial charge in [0.1, 0.15) is 5.78 Å². The first-order chi connectivity index (χ1) is 4.54. The van der Waals surface area contributed by atoms with Gasteiger partial charge in [0.25, 0.3) is 0 Å². The van der Waals surface area contributed by atoms with Crippen molar-refractivity contribution in [2.75, 3.05) is 0 Å². The molecule has 1 nitrogen and oxygen atoms in total. The van der Waals surface area contributed by atoms with Gasteiger partial charge < -0.3 is 0 Å². The van der Waals surface area contributed by atoms with E-state index in [2.05, 4.69) is 0 Å². The number of hydrogen-bond donors (Lipinski definition) is 0. The molecular formula is C9H16O. The van der Waals surface area contributed by atoms with Crippen LogP contribution in [0, 0.1) is 5.92 Å². The van der Waals surface area contributed by atoms with Crippen LogP contribution in [-0.4, -0.2) is 5.78 Å². The van der Waals surface area contributed by atoms with E-state index in [4.69, 9.17) is 0 Å². The van der Waals surface area contributed by atoms with E-state index in [-0.39, 0.29) is 5.92 Å². The van der Waals surface area contributed by atoms with Crippen LogP contribution in [0.3, 0.4) is 0 Å². The second-order valence-corrected chi connectivity index (χ2v) is 3.11. The van der Waals surface area contributed by atoms with Gasteiger partial charge in [-0.3, -0.25) is 4.79 Å². The summed E-state index contributed by atoms with van der Waals surface area (Å²) in [7, 11) is 0. The fourth-order valence-electron chi connectivity index (χ4n) is 0.540. The predicted molar refractivity (Wildman–Crippen MR) is 43.9 cm³/mol. The van der Waals surface area contributed by atoms with E-state index < -0.39 is 0 Å². The maximum atomic E-state index is 11.0. The monoisotopic (exact) mass is 140 g/mol. The fourth-order valence-corrected chi connectivity index (χ4v) is 0.540. The van der Waals surface area contributed by atoms with E-state index in [1.165, 1.54) is 5.57 Å². The molecule has 1 heteroatoms. The molecule has 0 saturated heterocycles. The highest BCUT2D eigenvalue weighted by molar-refractivity contribution is 5.81. The molecule has 0 amide bonds. The van der Waals surface area contributed by atoms with Gasteiger partial charge in [-0.15, -0.1) is 0 Å². The van der Waals surface area contributed by atoms with Gasteiger partial charge in [0.15, 0.2) is 0 Å². The summed E-state index contributed by atoms with van der Waals surface area (Å²) in [6.07, 6.45) is 2.57. The third kappa shape index (κ3) is 4.30. The lowest BCUT2D eigenvalue weighted by Gasteiger charge is -1.99. The Labute approximate surface area is 63.1 Å². The van der Waals surface area contributed by atoms with E-state index in [1.54, 1.807) is 0 Å². The van der Waals surface area contributed by atoms with Crippen molar-refractivity contribution in [3.63, 3.8) is 0 Å². The molecule has 0 aliphatic carbocycles. The van der Waals surface area contributed by atoms with Gasteiger partial charge in [-0.2, -0.15) is 0 Å². The summed E-state index contributed by atoms with van der Waals surface area (Å²) in [5, 5.41) is 0. The lowest BCUT2D eigenvalue weighted by atomic mass is 10.1. The van der Waals surface area contributed by atoms with Crippen molar-refractivity contribution >= 4 is 5.78 Å². The Morgan fingerprint density at radius 1 is 1.40 bits per heavy atom. The Kier molecular flexibility index (Phi) is 4.01. The summed E-state index contributed by atoms with van der Waals surface area (Å²) >= 11 is 0. The zero-order valence-corrected chi connectivity index (χ0v) is 7.27. The number of carbonyl (C=O) groups is 1. The first-order valence-electron chi connectivity index (χ1n) is 3.70. The van der Waals surface area contributed by atoms with Crippen LogP contribution in [0.5, 0.6) is 0 Å². The van der Waals surface area contributed by atoms with Gasteiger partial charge in [0, 0.05) is 12.3 Å². The molecule has 0 unspecified atom stereocenters. The molecule has 0 aliphatic rings. The smallest absolute Gasteiger partial charge is 0.139 e. The normalized spacial score (nSPS) is 9.70. The summed E-state index contributed by atoms with van der Waals surface area (Å²) < 4.78 is 0. The van der Waals surface area contributed by atoms with E-state index in [0.717, 1.165) is 0 Å². The zero-order valence-electron chi connectivity index (χ0n) is 7.27. The predicted octanol–water partition coefficient (Wildman–Crippen LogP) is 2.57. The molecule has 0 aromatic heterocycles. The standard InChI is InChI=1S/C9H16O/c1-7(2)5-6-9(10)8(3)4/h5,8H,6H2,1-4H3. The minimum Gasteiger partial charge on any atom is -0.299 e. The highest BCUT2D eigenvalue weighted by Crippen LogP contribution is 2.01. The van der Waals surface area contributed by atoms with Crippen molar-refractivity contribution < 1.29 is 4.79 Å². The summed E-state index contributed by atoms with van der Waals surface area (Å²) in [6, 6.07) is 0. The van der Waals surface area contributed by atoms with Crippen molar-refractivity contribution in [2.24, 2.45) is 5.92 Å². The number of carbonyl (C=O) groups excluding carboxylic acids is 1. The number of rotatable bonds is 3. The maximum Gasteiger partial charge on any atom is 0.139 e. The van der Waals surface area contributed by atoms with Gasteiger partial charge in [-0.25, -0.2) is 0 Å². The molecule has 0 saturated carbocycles. The summed E-state index contributed by atoms with van der Waals surface area (Å²) in [4.78, 5) is 11.0. The molecule has 10 heavy (non-hydrogen) atoms. The van der Waals surface area contributed by atoms with Crippen LogP contribution in [0.1, 0.15) is 34.1 Å². The molecule has 0 spiro atoms. The zero-order chi connectivity index (χ0) is 8.15. The average molecular weight is 140 g/mol. The minimum atomic E-state index is 0.176. The highest BCUT2D eigenvalue weighted by Gasteiger charge is 2.03. The Balaban J connectivity index is 3.71. The number of hydrogen-bond acceptors (Lipinski definition) is 1. The van der Waals surface area contributed by atoms with Gasteiger partial charge in [0.05, 0.1) is 0 Å². The van der Waals surface area contributed by atoms with Gasteiger partial charge in [0.2, 0.25) is 0 Å². The average Bonchev–Trinajstić information content (AvgIpc) is 1.82. The lowest BCUT2D eigenvalue weighted by molar-refractivity contribution is -0.121. The van der Waals surface area contributed by atoms with E-state index in [9.17, 15) is 4.79 Å². The molecule has 0 rings (SSSR count). The summed E-state index contributed by atoms with van der Waals surface area (Å²) in [5.41, 5.74) is 1.22. The second-order valence-electron chi connectivity index (χ2n) is 3.11. The summed E-state index contributed by atoms with van der Waals surface area (Å²) in [5.74, 6) is 0.497. The first-order valence-corrected chi connectivity index (χ1v) is 3.70. The largest absolute Gasteiger partial charge is 0.299 e. The summed E-state index contributed by atoms with van der Waals surface area (Å²) in [6.45, 7) is 7.88. The molecule has 0 aromatic rings. The van der Waals surface area contributed by atoms with Crippen molar-refractivity contribution in [3.05, 3.63) is 11.6 Å². The molecular weight excluding hydrogens is 124 g/mol. The molecule has 0 atom stereocenters. The maximum absolute atomic E-state index is 11.0. The number of Topliss-reactive ketones (excluding diaryl/α,β-unsaturated/α-hetero) is 1. The van der Waals surface area contributed by atoms with Gasteiger partial charge in [-0.05, 0) is 13.8 Å². The van der Waals surface area contributed by atoms with Gasteiger partial charge >= 0.3 is 0 Å². The third-order valence-corrected chi connectivity index (χ3v) is 1.36. The van der Waals surface area contributed by atoms with Gasteiger partial charge in [-0.1, -0.05) is 25.5 Å². The number of ketones is 1. The Morgan fingerprint density at radius 3 is 2.20 bits per heavy atom. The SMILES string of the molecule is CC(C)=CCC(=O)C(C)C. The van der Waals surface area contributed by atoms with E-state index >= 15 is 0 Å². The molecule has 0 aromatic carbocycles. The first kappa shape index (κ1) is 9.41. The molecule has 0 radical (unpaired) electrons. The topological polar surface area (TPSA) is 17.1 Å². The molecule has 0 N–H and O–H groups in total. The molecule has 0 aliphatic heterocycles. The second kappa shape index (κ2) is 4.26. The fraction of sp³-hybridized carbons (Fsp3) is 0.667. The lowest BCUT2D eigenvalue weighted by Crippen LogP contribution is -2.04. The minimum absolute atomic E-state index is 0.176. The van der Waals surface area contributed by atoms with Crippen LogP contribution >= 0.6 is 0 Å². The quantitative estimate of drug-likeness (QED) is 0.551. The van der Waals surface area contributed by atoms with Crippen molar-refractivity contribution in [2.45, 2.75) is 34.1 Å². The van der Waals surface area contributed by atoms with Crippen LogP contribution in [0.2, 0.25) is 0 Å². The molecule has 58 valence electrons. The molecule has 0 bridgehead atoms. The highest BCUT2D eigenvalue weighted by atomic mass is 16.1. The van der Waals surface area contributed by atoms with E-state index in [1.807, 2.05) is 33.8 Å². The van der Waals surface area contributed by atoms with Crippen LogP contribution in [-0.2, 0) is 4.79 Å². The van der Waals surface area contributed by atoms with Crippen molar-refractivity contribution in [1.82, 2.24) is 0 Å². The number of allylic oxidation sites excluding steroid dienone is 2. The third-order valence-electron chi connectivity index (χ3n) is 1.36. The van der Waals surface area contributed by atoms with E-state index in [0.29, 0.717) is 12.2 Å². The van der Waals surface area contributed by atoms with Crippen LogP contribution in [0.25, 0.3) is 0 Å². The van der Waals surface area contributed by atoms with Crippen LogP contribution in [0.4, 0.5) is 0 Å².